The molecule has 0 aliphatic carbocycles. The largest absolute Gasteiger partial charge is 0.0958 e. The van der Waals surface area contributed by atoms with Gasteiger partial charge >= 0.3 is 0 Å². The van der Waals surface area contributed by atoms with Gasteiger partial charge in [0, 0.05) is 0 Å². The highest BCUT2D eigenvalue weighted by Crippen LogP contribution is 2.26. The topological polar surface area (TPSA) is 0 Å². The second-order valence-electron chi connectivity index (χ2n) is 6.50. The van der Waals surface area contributed by atoms with Crippen molar-refractivity contribution in [3.05, 3.63) is 36.5 Å². The van der Waals surface area contributed by atoms with Crippen molar-refractivity contribution in [1.29, 1.82) is 0 Å². The molecule has 0 spiro atoms. The second-order valence-corrected chi connectivity index (χ2v) is 6.50. The van der Waals surface area contributed by atoms with Crippen molar-refractivity contribution in [2.45, 2.75) is 73.1 Å². The summed E-state index contributed by atoms with van der Waals surface area (Å²) in [6.45, 7) is 19.7. The molecular formula is C20H36. The molecular weight excluding hydrogens is 240 g/mol. The van der Waals surface area contributed by atoms with Crippen LogP contribution in [0.4, 0.5) is 0 Å². The van der Waals surface area contributed by atoms with Crippen molar-refractivity contribution in [1.82, 2.24) is 0 Å². The molecule has 0 aromatic rings. The zero-order valence-electron chi connectivity index (χ0n) is 14.5. The molecule has 0 amide bonds. The molecule has 0 rings (SSSR count). The summed E-state index contributed by atoms with van der Waals surface area (Å²) in [5, 5.41) is 0. The third-order valence-corrected chi connectivity index (χ3v) is 4.66. The fourth-order valence-electron chi connectivity index (χ4n) is 2.30. The third kappa shape index (κ3) is 8.40. The maximum atomic E-state index is 4.21. The predicted octanol–water partition coefficient (Wildman–Crippen LogP) is 6.94. The number of allylic oxidation sites excluding steroid dienone is 4. The average Bonchev–Trinajstić information content (AvgIpc) is 2.46. The maximum absolute atomic E-state index is 4.21. The minimum absolute atomic E-state index is 0.580. The molecule has 0 nitrogen and oxygen atoms in total. The minimum atomic E-state index is 0.580. The number of hydrogen-bond donors (Lipinski definition) is 0. The Morgan fingerprint density at radius 3 is 2.05 bits per heavy atom. The van der Waals surface area contributed by atoms with Gasteiger partial charge < -0.3 is 0 Å². The highest BCUT2D eigenvalue weighted by molar-refractivity contribution is 5.25. The van der Waals surface area contributed by atoms with Crippen molar-refractivity contribution in [2.75, 3.05) is 0 Å². The summed E-state index contributed by atoms with van der Waals surface area (Å²) in [5.41, 5.74) is 2.42. The summed E-state index contributed by atoms with van der Waals surface area (Å²) in [7, 11) is 0. The van der Waals surface area contributed by atoms with Crippen LogP contribution in [0.3, 0.4) is 0 Å². The van der Waals surface area contributed by atoms with Gasteiger partial charge in [0.2, 0.25) is 0 Å². The van der Waals surface area contributed by atoms with E-state index in [0.717, 1.165) is 18.3 Å². The van der Waals surface area contributed by atoms with Crippen LogP contribution in [0, 0.1) is 17.8 Å². The number of rotatable bonds is 11. The van der Waals surface area contributed by atoms with Gasteiger partial charge in [0.1, 0.15) is 0 Å². The van der Waals surface area contributed by atoms with Crippen molar-refractivity contribution in [3.8, 4) is 0 Å². The maximum Gasteiger partial charge on any atom is -0.0196 e. The van der Waals surface area contributed by atoms with Crippen molar-refractivity contribution in [3.63, 3.8) is 0 Å². The lowest BCUT2D eigenvalue weighted by molar-refractivity contribution is 0.318. The normalized spacial score (nSPS) is 16.1. The average molecular weight is 277 g/mol. The van der Waals surface area contributed by atoms with Crippen LogP contribution < -0.4 is 0 Å². The molecule has 0 aromatic heterocycles. The van der Waals surface area contributed by atoms with Crippen molar-refractivity contribution >= 4 is 0 Å². The van der Waals surface area contributed by atoms with Crippen LogP contribution in [0.15, 0.2) is 36.5 Å². The zero-order chi connectivity index (χ0) is 15.5. The molecule has 0 heterocycles. The van der Waals surface area contributed by atoms with Crippen LogP contribution in [-0.4, -0.2) is 0 Å². The Balaban J connectivity index is 4.08. The van der Waals surface area contributed by atoms with Crippen LogP contribution >= 0.6 is 0 Å². The van der Waals surface area contributed by atoms with Gasteiger partial charge in [0.15, 0.2) is 0 Å². The van der Waals surface area contributed by atoms with E-state index in [2.05, 4.69) is 59.9 Å². The summed E-state index contributed by atoms with van der Waals surface area (Å²) in [5.74, 6) is 2.26. The van der Waals surface area contributed by atoms with E-state index < -0.39 is 0 Å². The Hall–Kier alpha value is -0.780. The Bertz CT molecular complexity index is 308. The van der Waals surface area contributed by atoms with Crippen LogP contribution in [0.25, 0.3) is 0 Å². The summed E-state index contributed by atoms with van der Waals surface area (Å²) in [6.07, 6.45) is 11.9. The lowest BCUT2D eigenvalue weighted by atomic mass is 9.84. The fourth-order valence-corrected chi connectivity index (χ4v) is 2.30. The van der Waals surface area contributed by atoms with E-state index in [-0.39, 0.29) is 0 Å². The Morgan fingerprint density at radius 1 is 0.900 bits per heavy atom. The van der Waals surface area contributed by atoms with Gasteiger partial charge in [-0.2, -0.15) is 0 Å². The smallest absolute Gasteiger partial charge is 0.0196 e. The second kappa shape index (κ2) is 10.9. The molecule has 0 fully saturated rings. The lowest BCUT2D eigenvalue weighted by Crippen LogP contribution is -2.10. The van der Waals surface area contributed by atoms with E-state index in [9.17, 15) is 0 Å². The summed E-state index contributed by atoms with van der Waals surface area (Å²) in [4.78, 5) is 0. The van der Waals surface area contributed by atoms with E-state index in [1.54, 1.807) is 0 Å². The first-order valence-corrected chi connectivity index (χ1v) is 8.46. The van der Waals surface area contributed by atoms with Crippen LogP contribution in [0.5, 0.6) is 0 Å². The highest BCUT2D eigenvalue weighted by atomic mass is 14.2. The SMILES string of the molecule is C=C(/C=C\C(=C)C(C)CCC(C)C(C)CCCC)CC. The van der Waals surface area contributed by atoms with Crippen molar-refractivity contribution < 1.29 is 0 Å². The third-order valence-electron chi connectivity index (χ3n) is 4.66. The molecule has 0 aliphatic heterocycles. The van der Waals surface area contributed by atoms with Gasteiger partial charge in [0.05, 0.1) is 0 Å². The minimum Gasteiger partial charge on any atom is -0.0958 e. The quantitative estimate of drug-likeness (QED) is 0.358. The van der Waals surface area contributed by atoms with E-state index in [0.29, 0.717) is 5.92 Å². The molecule has 0 radical (unpaired) electrons. The van der Waals surface area contributed by atoms with E-state index in [1.165, 1.54) is 43.3 Å². The highest BCUT2D eigenvalue weighted by Gasteiger charge is 2.13. The van der Waals surface area contributed by atoms with E-state index >= 15 is 0 Å². The first-order valence-electron chi connectivity index (χ1n) is 8.46. The zero-order valence-corrected chi connectivity index (χ0v) is 14.5. The summed E-state index contributed by atoms with van der Waals surface area (Å²) < 4.78 is 0. The van der Waals surface area contributed by atoms with Crippen molar-refractivity contribution in [2.24, 2.45) is 17.8 Å². The monoisotopic (exact) mass is 276 g/mol. The van der Waals surface area contributed by atoms with Gasteiger partial charge in [-0.3, -0.25) is 0 Å². The number of hydrogen-bond acceptors (Lipinski definition) is 0. The van der Waals surface area contributed by atoms with Gasteiger partial charge in [-0.05, 0) is 37.0 Å². The summed E-state index contributed by atoms with van der Waals surface area (Å²) >= 11 is 0. The molecule has 0 heteroatoms. The standard InChI is InChI=1S/C20H36/c1-8-10-11-17(4)19(6)14-15-20(7)18(5)13-12-16(3)9-2/h12-13,17,19-20H,3,5,8-11,14-15H2,1-2,4,6-7H3/b13-12-. The Kier molecular flexibility index (Phi) is 10.5. The van der Waals surface area contributed by atoms with Gasteiger partial charge in [-0.15, -0.1) is 0 Å². The molecule has 0 N–H and O–H groups in total. The van der Waals surface area contributed by atoms with E-state index in [1.807, 2.05) is 0 Å². The molecule has 0 aromatic carbocycles. The molecule has 0 saturated carbocycles. The molecule has 0 saturated heterocycles. The first kappa shape index (κ1) is 19.2. The van der Waals surface area contributed by atoms with Gasteiger partial charge in [0.25, 0.3) is 0 Å². The molecule has 0 aliphatic rings. The molecule has 116 valence electrons. The first-order chi connectivity index (χ1) is 9.42. The Labute approximate surface area is 128 Å². The van der Waals surface area contributed by atoms with Crippen LogP contribution in [-0.2, 0) is 0 Å². The van der Waals surface area contributed by atoms with E-state index in [4.69, 9.17) is 0 Å². The predicted molar refractivity (Wildman–Crippen MR) is 94.0 cm³/mol. The summed E-state index contributed by atoms with van der Waals surface area (Å²) in [6, 6.07) is 0. The molecule has 0 bridgehead atoms. The molecule has 3 unspecified atom stereocenters. The van der Waals surface area contributed by atoms with Gasteiger partial charge in [-0.25, -0.2) is 0 Å². The molecule has 3 atom stereocenters. The fraction of sp³-hybridized carbons (Fsp3) is 0.700. The van der Waals surface area contributed by atoms with Crippen LogP contribution in [0.2, 0.25) is 0 Å². The Morgan fingerprint density at radius 2 is 1.50 bits per heavy atom. The number of unbranched alkanes of at least 4 members (excludes halogenated alkanes) is 1. The van der Waals surface area contributed by atoms with Crippen LogP contribution in [0.1, 0.15) is 73.1 Å². The van der Waals surface area contributed by atoms with Gasteiger partial charge in [-0.1, -0.05) is 90.3 Å². The molecule has 20 heavy (non-hydrogen) atoms. The lowest BCUT2D eigenvalue weighted by Gasteiger charge is -2.21.